The number of aromatic nitrogens is 3. The van der Waals surface area contributed by atoms with Crippen molar-refractivity contribution in [3.63, 3.8) is 0 Å². The number of anilines is 2. The minimum absolute atomic E-state index is 0.195. The number of hydrogen-bond acceptors (Lipinski definition) is 9. The van der Waals surface area contributed by atoms with Crippen LogP contribution in [0.1, 0.15) is 43.5 Å². The first-order valence-corrected chi connectivity index (χ1v) is 13.8. The van der Waals surface area contributed by atoms with Crippen molar-refractivity contribution in [3.8, 4) is 16.6 Å². The van der Waals surface area contributed by atoms with Crippen LogP contribution in [0.5, 0.6) is 0 Å². The highest BCUT2D eigenvalue weighted by molar-refractivity contribution is 7.16. The summed E-state index contributed by atoms with van der Waals surface area (Å²) in [5.41, 5.74) is 4.42. The highest BCUT2D eigenvalue weighted by Crippen LogP contribution is 2.32. The minimum atomic E-state index is -0.349. The number of allylic oxidation sites excluding steroid dienone is 1. The Hall–Kier alpha value is -3.29. The Balaban J connectivity index is 0.000000209. The van der Waals surface area contributed by atoms with E-state index in [4.69, 9.17) is 5.26 Å². The second-order valence-corrected chi connectivity index (χ2v) is 12.3. The van der Waals surface area contributed by atoms with E-state index < -0.39 is 0 Å². The fraction of sp³-hybridized carbons (Fsp3) is 0.444. The molecule has 0 radical (unpaired) electrons. The van der Waals surface area contributed by atoms with E-state index in [0.29, 0.717) is 13.1 Å². The van der Waals surface area contributed by atoms with E-state index in [9.17, 15) is 4.79 Å². The van der Waals surface area contributed by atoms with E-state index >= 15 is 0 Å². The number of piperazine rings is 1. The Morgan fingerprint density at radius 3 is 2.59 bits per heavy atom. The number of carbonyl (C=O) groups excluding carboxylic acids is 1. The van der Waals surface area contributed by atoms with Crippen LogP contribution >= 0.6 is 22.7 Å². The molecule has 0 bridgehead atoms. The summed E-state index contributed by atoms with van der Waals surface area (Å²) < 4.78 is 0. The van der Waals surface area contributed by atoms with E-state index in [1.807, 2.05) is 39.1 Å². The smallest absolute Gasteiger partial charge is 0.210 e. The van der Waals surface area contributed by atoms with E-state index in [2.05, 4.69) is 64.0 Å². The molecular formula is C27H35N7OS2. The third kappa shape index (κ3) is 8.10. The van der Waals surface area contributed by atoms with Gasteiger partial charge in [0, 0.05) is 30.4 Å². The van der Waals surface area contributed by atoms with Crippen LogP contribution in [0.15, 0.2) is 36.0 Å². The molecule has 0 spiro atoms. The first-order valence-electron chi connectivity index (χ1n) is 12.1. The average molecular weight is 538 g/mol. The summed E-state index contributed by atoms with van der Waals surface area (Å²) >= 11 is 3.26. The van der Waals surface area contributed by atoms with Crippen molar-refractivity contribution >= 4 is 40.0 Å². The van der Waals surface area contributed by atoms with Crippen molar-refractivity contribution in [2.24, 2.45) is 5.41 Å². The monoisotopic (exact) mass is 537 g/mol. The summed E-state index contributed by atoms with van der Waals surface area (Å²) in [7, 11) is 0. The fourth-order valence-corrected chi connectivity index (χ4v) is 5.57. The van der Waals surface area contributed by atoms with Gasteiger partial charge < -0.3 is 15.1 Å². The quantitative estimate of drug-likeness (QED) is 0.389. The standard InChI is InChI=1S/C14H14N4S2.C13H21N3O/c1-8-4-5-12(15-6-8)18-14-17-11(7-19-14)13-9(2)16-10(3)20-13;1-11(7-13(2,3)4)15-5-6-16(10-17)12(8-14)9-15/h4-7H,1-3H3,(H,15,17,18);10,12H,1,5-7,9H2,2-4H3. The summed E-state index contributed by atoms with van der Waals surface area (Å²) in [5, 5.41) is 16.2. The van der Waals surface area contributed by atoms with Crippen LogP contribution in [0.3, 0.4) is 0 Å². The van der Waals surface area contributed by atoms with E-state index in [1.165, 1.54) is 0 Å². The molecule has 1 atom stereocenters. The topological polar surface area (TPSA) is 98.0 Å². The number of pyridine rings is 1. The van der Waals surface area contributed by atoms with Gasteiger partial charge in [-0.25, -0.2) is 15.0 Å². The molecule has 37 heavy (non-hydrogen) atoms. The highest BCUT2D eigenvalue weighted by Gasteiger charge is 2.27. The number of carbonyl (C=O) groups is 1. The molecule has 1 fully saturated rings. The average Bonchev–Trinajstić information content (AvgIpc) is 3.44. The zero-order valence-corrected chi connectivity index (χ0v) is 24.0. The van der Waals surface area contributed by atoms with E-state index in [-0.39, 0.29) is 11.5 Å². The predicted octanol–water partition coefficient (Wildman–Crippen LogP) is 5.93. The van der Waals surface area contributed by atoms with Crippen LogP contribution in [-0.4, -0.2) is 56.8 Å². The molecule has 1 amide bonds. The molecule has 1 unspecified atom stereocenters. The molecule has 3 aromatic rings. The van der Waals surface area contributed by atoms with Gasteiger partial charge in [-0.05, 0) is 44.2 Å². The maximum absolute atomic E-state index is 10.8. The number of nitriles is 1. The summed E-state index contributed by atoms with van der Waals surface area (Å²) in [5.74, 6) is 0.814. The van der Waals surface area contributed by atoms with Crippen molar-refractivity contribution in [2.45, 2.75) is 54.0 Å². The molecule has 4 heterocycles. The molecule has 0 aliphatic carbocycles. The first kappa shape index (κ1) is 28.3. The van der Waals surface area contributed by atoms with Crippen molar-refractivity contribution in [1.29, 1.82) is 5.26 Å². The lowest BCUT2D eigenvalue weighted by molar-refractivity contribution is -0.121. The summed E-state index contributed by atoms with van der Waals surface area (Å²) in [6.45, 7) is 18.6. The van der Waals surface area contributed by atoms with Gasteiger partial charge >= 0.3 is 0 Å². The minimum Gasteiger partial charge on any atom is -0.370 e. The van der Waals surface area contributed by atoms with E-state index in [0.717, 1.165) is 62.9 Å². The lowest BCUT2D eigenvalue weighted by Gasteiger charge is -2.39. The second kappa shape index (κ2) is 12.3. The van der Waals surface area contributed by atoms with Gasteiger partial charge in [-0.1, -0.05) is 33.4 Å². The number of amides is 1. The molecule has 0 saturated carbocycles. The van der Waals surface area contributed by atoms with Crippen molar-refractivity contribution < 1.29 is 4.79 Å². The van der Waals surface area contributed by atoms with Crippen molar-refractivity contribution in [2.75, 3.05) is 25.0 Å². The molecule has 1 aliphatic rings. The lowest BCUT2D eigenvalue weighted by atomic mass is 9.90. The van der Waals surface area contributed by atoms with Crippen LogP contribution in [0.2, 0.25) is 0 Å². The van der Waals surface area contributed by atoms with Gasteiger partial charge in [0.1, 0.15) is 11.9 Å². The molecular weight excluding hydrogens is 502 g/mol. The van der Waals surface area contributed by atoms with E-state index in [1.54, 1.807) is 27.6 Å². The van der Waals surface area contributed by atoms with Gasteiger partial charge in [-0.15, -0.1) is 22.7 Å². The van der Waals surface area contributed by atoms with Crippen molar-refractivity contribution in [3.05, 3.63) is 52.3 Å². The normalized spacial score (nSPS) is 15.4. The van der Waals surface area contributed by atoms with Crippen LogP contribution in [0.4, 0.5) is 10.9 Å². The van der Waals surface area contributed by atoms with Gasteiger partial charge in [0.25, 0.3) is 0 Å². The fourth-order valence-electron chi connectivity index (χ4n) is 3.90. The van der Waals surface area contributed by atoms with Crippen LogP contribution < -0.4 is 5.32 Å². The zero-order valence-electron chi connectivity index (χ0n) is 22.4. The second-order valence-electron chi connectivity index (χ2n) is 10.3. The summed E-state index contributed by atoms with van der Waals surface area (Å²) in [4.78, 5) is 29.0. The SMILES string of the molecule is C=C(CC(C)(C)C)N1CCN(C=O)C(C#N)C1.Cc1ccc(Nc2nc(-c3sc(C)nc3C)cs2)nc1. The van der Waals surface area contributed by atoms with Gasteiger partial charge in [-0.3, -0.25) is 4.79 Å². The number of thiazole rings is 2. The number of hydrogen-bond donors (Lipinski definition) is 1. The Bertz CT molecular complexity index is 1250. The van der Waals surface area contributed by atoms with Gasteiger partial charge in [0.05, 0.1) is 33.9 Å². The highest BCUT2D eigenvalue weighted by atomic mass is 32.1. The van der Waals surface area contributed by atoms with Gasteiger partial charge in [0.15, 0.2) is 5.13 Å². The molecule has 1 saturated heterocycles. The van der Waals surface area contributed by atoms with Crippen LogP contribution in [-0.2, 0) is 4.79 Å². The Labute approximate surface area is 227 Å². The number of nitrogens with zero attached hydrogens (tertiary/aromatic N) is 6. The Kier molecular flexibility index (Phi) is 9.40. The molecule has 10 heteroatoms. The largest absolute Gasteiger partial charge is 0.370 e. The maximum Gasteiger partial charge on any atom is 0.210 e. The Morgan fingerprint density at radius 2 is 2.03 bits per heavy atom. The maximum atomic E-state index is 10.8. The molecule has 3 aromatic heterocycles. The summed E-state index contributed by atoms with van der Waals surface area (Å²) in [6, 6.07) is 5.80. The van der Waals surface area contributed by atoms with Gasteiger partial charge in [0.2, 0.25) is 6.41 Å². The third-order valence-electron chi connectivity index (χ3n) is 5.67. The summed E-state index contributed by atoms with van der Waals surface area (Å²) in [6.07, 6.45) is 3.51. The molecule has 1 aliphatic heterocycles. The lowest BCUT2D eigenvalue weighted by Crippen LogP contribution is -2.51. The third-order valence-corrected chi connectivity index (χ3v) is 7.53. The zero-order chi connectivity index (χ0) is 27.2. The first-order chi connectivity index (χ1) is 17.5. The number of aryl methyl sites for hydroxylation is 3. The molecule has 8 nitrogen and oxygen atoms in total. The van der Waals surface area contributed by atoms with Crippen LogP contribution in [0, 0.1) is 37.5 Å². The van der Waals surface area contributed by atoms with Gasteiger partial charge in [-0.2, -0.15) is 5.26 Å². The van der Waals surface area contributed by atoms with Crippen molar-refractivity contribution in [1.82, 2.24) is 24.8 Å². The number of rotatable bonds is 6. The molecule has 4 rings (SSSR count). The molecule has 196 valence electrons. The molecule has 0 aromatic carbocycles. The van der Waals surface area contributed by atoms with Crippen LogP contribution in [0.25, 0.3) is 10.6 Å². The predicted molar refractivity (Wildman–Crippen MR) is 152 cm³/mol. The number of nitrogens with one attached hydrogen (secondary N) is 1. The molecule has 1 N–H and O–H groups in total. The Morgan fingerprint density at radius 1 is 1.27 bits per heavy atom.